The molecule has 2 aromatic carbocycles. The molecule has 0 unspecified atom stereocenters. The number of aliphatic hydroxyl groups is 2. The van der Waals surface area contributed by atoms with Crippen LogP contribution >= 0.6 is 11.8 Å². The van der Waals surface area contributed by atoms with Gasteiger partial charge in [-0.05, 0) is 126 Å². The predicted octanol–water partition coefficient (Wildman–Crippen LogP) is 0.770. The van der Waals surface area contributed by atoms with E-state index in [1.807, 2.05) is 50.4 Å². The molecule has 0 spiro atoms. The van der Waals surface area contributed by atoms with E-state index in [1.54, 1.807) is 77.0 Å². The molecule has 46 nitrogen and oxygen atoms in total. The Hall–Kier alpha value is -12.2. The van der Waals surface area contributed by atoms with Crippen LogP contribution in [0.5, 0.6) is 0 Å². The molecule has 48 heteroatoms. The van der Waals surface area contributed by atoms with Crippen LogP contribution in [0.1, 0.15) is 208 Å². The average molecular weight is 2070 g/mol. The number of imide groups is 1. The van der Waals surface area contributed by atoms with E-state index in [2.05, 4.69) is 51.9 Å². The number of nitrogens with two attached hydrogens (primary N) is 7. The number of aliphatic carboxylic acids is 1. The zero-order valence-corrected chi connectivity index (χ0v) is 85.6. The number of nitrogens with one attached hydrogen (secondary N) is 7. The molecule has 804 valence electrons. The highest BCUT2D eigenvalue weighted by Crippen LogP contribution is 2.28. The predicted molar refractivity (Wildman–Crippen MR) is 534 cm³/mol. The first kappa shape index (κ1) is 128. The lowest BCUT2D eigenvalue weighted by atomic mass is 9.83. The zero-order valence-electron chi connectivity index (χ0n) is 84.0. The van der Waals surface area contributed by atoms with E-state index in [-0.39, 0.29) is 196 Å². The number of aliphatic imine (C=N–C) groups is 3. The zero-order chi connectivity index (χ0) is 108. The van der Waals surface area contributed by atoms with Crippen LogP contribution < -0.4 is 72.0 Å². The van der Waals surface area contributed by atoms with E-state index in [4.69, 9.17) is 71.8 Å². The molecule has 0 aliphatic carbocycles. The SMILES string of the molecule is CC[C@H](C)[C@H](CC(=O)[C@@H](NC(=O)[C@@H](CC(=O)[C@H](CCCN=C(N)N)NC(=O)[C@@H](CC(=O)[C@H](CC(C)C)NC)Cc1ccccc1)C(C)C)[C@@H](C)O)C(=O)N[C@@H](CC(=O)O)C(=O)C[C@@H](CO)C(=O)N[C@@H](Cc1c[nH]c2ccccc12)C(=O)C[C@@H](CCCN=C(N)N)C(N)=O.CSCC[C@H](CC(=O)[C@H](CCCN=C(N)N)NC(=O)CCC(=O)CCOCCOCCOCCC(=O)ON1C(=O)CCC1=O)C(C)=O.O=S(=O)=O. The van der Waals surface area contributed by atoms with Crippen LogP contribution in [-0.2, 0) is 129 Å². The second-order valence-corrected chi connectivity index (χ2v) is 37.3. The number of hydrogen-bond acceptors (Lipinski definition) is 32. The number of fused-ring (bicyclic) bond motifs is 1. The summed E-state index contributed by atoms with van der Waals surface area (Å²) in [6.45, 7) is 14.0. The molecule has 1 saturated heterocycles. The summed E-state index contributed by atoms with van der Waals surface area (Å²) >= 11 is 1.59. The molecule has 3 aromatic rings. The number of para-hydroxylation sites is 1. The highest BCUT2D eigenvalue weighted by molar-refractivity contribution is 7.98. The van der Waals surface area contributed by atoms with Crippen LogP contribution in [0.2, 0.25) is 0 Å². The quantitative estimate of drug-likeness (QED) is 0.0161. The van der Waals surface area contributed by atoms with Crippen molar-refractivity contribution in [1.82, 2.24) is 41.9 Å². The van der Waals surface area contributed by atoms with Gasteiger partial charge in [0, 0.05) is 143 Å². The minimum atomic E-state index is -3.11. The van der Waals surface area contributed by atoms with Gasteiger partial charge in [0.2, 0.25) is 35.4 Å². The van der Waals surface area contributed by atoms with Crippen LogP contribution in [0.15, 0.2) is 75.8 Å². The Kier molecular flexibility index (Phi) is 62.6. The number of aliphatic hydroxyl groups excluding tert-OH is 2. The lowest BCUT2D eigenvalue weighted by molar-refractivity contribution is -0.198. The van der Waals surface area contributed by atoms with E-state index in [0.29, 0.717) is 42.7 Å². The number of H-pyrrole nitrogens is 1. The fraction of sp³-hybridized carbons (Fsp3) is 0.635. The number of Topliss-reactive ketones (excluding diaryl/α,β-unsaturated/α-hetero) is 8. The van der Waals surface area contributed by atoms with Crippen molar-refractivity contribution < 1.29 is 133 Å². The lowest BCUT2D eigenvalue weighted by Crippen LogP contribution is -2.53. The van der Waals surface area contributed by atoms with Crippen LogP contribution in [-0.4, -0.2) is 289 Å². The Morgan fingerprint density at radius 1 is 0.521 bits per heavy atom. The van der Waals surface area contributed by atoms with Gasteiger partial charge < -0.3 is 111 Å². The number of benzene rings is 2. The van der Waals surface area contributed by atoms with Crippen molar-refractivity contribution in [3.05, 3.63) is 71.9 Å². The van der Waals surface area contributed by atoms with Crippen LogP contribution in [0.25, 0.3) is 10.9 Å². The smallest absolute Gasteiger partial charge is 0.425 e. The Balaban J connectivity index is 0.00000114. The van der Waals surface area contributed by atoms with Gasteiger partial charge in [0.25, 0.3) is 11.8 Å². The maximum absolute atomic E-state index is 14.5. The summed E-state index contributed by atoms with van der Waals surface area (Å²) in [5.74, 6) is -18.6. The topological polar surface area (TPSA) is 767 Å². The third-order valence-electron chi connectivity index (χ3n) is 23.7. The number of likely N-dealkylation sites (N-methyl/N-ethyl adjacent to an activating group) is 1. The number of nitrogens with zero attached hydrogens (tertiary/aromatic N) is 4. The first-order valence-electron chi connectivity index (χ1n) is 48.1. The van der Waals surface area contributed by atoms with Gasteiger partial charge in [-0.15, -0.1) is 17.7 Å². The van der Waals surface area contributed by atoms with Gasteiger partial charge >= 0.3 is 22.5 Å². The molecule has 1 fully saturated rings. The number of carboxylic acid groups (broad SMARTS) is 1. The number of ether oxygens (including phenoxy) is 3. The molecule has 0 radical (unpaired) electrons. The molecule has 0 saturated carbocycles. The first-order chi connectivity index (χ1) is 68.1. The van der Waals surface area contributed by atoms with E-state index in [0.717, 1.165) is 22.2 Å². The van der Waals surface area contributed by atoms with Gasteiger partial charge in [0.15, 0.2) is 52.6 Å². The molecule has 1 aromatic heterocycles. The minimum Gasteiger partial charge on any atom is -0.481 e. The molecule has 4 rings (SSSR count). The number of carboxylic acids is 1. The molecule has 8 amide bonds. The van der Waals surface area contributed by atoms with Crippen LogP contribution in [0, 0.1) is 53.3 Å². The monoisotopic (exact) mass is 2070 g/mol. The minimum absolute atomic E-state index is 0.0140. The number of hydroxylamine groups is 2. The number of carbonyl (C=O) groups excluding carboxylic acids is 17. The Morgan fingerprint density at radius 3 is 1.51 bits per heavy atom. The van der Waals surface area contributed by atoms with Crippen LogP contribution in [0.3, 0.4) is 0 Å². The van der Waals surface area contributed by atoms with E-state index < -0.39 is 221 Å². The molecule has 2 heterocycles. The fourth-order valence-electron chi connectivity index (χ4n) is 15.3. The number of hydrogen-bond donors (Lipinski definition) is 17. The highest BCUT2D eigenvalue weighted by atomic mass is 32.2. The number of rotatable bonds is 74. The molecule has 1 aliphatic heterocycles. The largest absolute Gasteiger partial charge is 0.481 e. The Morgan fingerprint density at radius 2 is 0.993 bits per heavy atom. The number of ketones is 8. The number of thioether (sulfide) groups is 1. The van der Waals surface area contributed by atoms with Crippen LogP contribution in [0.4, 0.5) is 0 Å². The summed E-state index contributed by atoms with van der Waals surface area (Å²) < 4.78 is 41.3. The van der Waals surface area contributed by atoms with E-state index in [1.165, 1.54) is 13.8 Å². The van der Waals surface area contributed by atoms with Crippen molar-refractivity contribution in [2.45, 2.75) is 252 Å². The Bertz CT molecular complexity index is 4870. The molecule has 0 bridgehead atoms. The third kappa shape index (κ3) is 52.3. The second kappa shape index (κ2) is 70.5. The van der Waals surface area contributed by atoms with Gasteiger partial charge in [-0.3, -0.25) is 96.5 Å². The normalized spacial score (nSPS) is 14.6. The van der Waals surface area contributed by atoms with Crippen molar-refractivity contribution >= 4 is 157 Å². The lowest BCUT2D eigenvalue weighted by Gasteiger charge is -2.29. The van der Waals surface area contributed by atoms with E-state index in [9.17, 15) is 102 Å². The highest BCUT2D eigenvalue weighted by Gasteiger charge is 2.41. The first-order valence-corrected chi connectivity index (χ1v) is 50.4. The molecule has 144 heavy (non-hydrogen) atoms. The number of guanidine groups is 3. The Labute approximate surface area is 844 Å². The number of aromatic amines is 1. The van der Waals surface area contributed by atoms with Crippen molar-refractivity contribution in [2.75, 3.05) is 84.9 Å². The average Bonchev–Trinajstić information content (AvgIpc) is 1.64. The summed E-state index contributed by atoms with van der Waals surface area (Å²) in [7, 11) is -1.43. The number of carbonyl (C=O) groups is 18. The summed E-state index contributed by atoms with van der Waals surface area (Å²) in [6, 6.07) is 8.95. The third-order valence-corrected chi connectivity index (χ3v) is 24.4. The summed E-state index contributed by atoms with van der Waals surface area (Å²) in [6.07, 6.45) is 1.40. The van der Waals surface area contributed by atoms with Crippen molar-refractivity contribution in [3.8, 4) is 0 Å². The number of amides is 8. The van der Waals surface area contributed by atoms with Gasteiger partial charge in [0.05, 0.1) is 101 Å². The second-order valence-electron chi connectivity index (χ2n) is 36.0. The van der Waals surface area contributed by atoms with Gasteiger partial charge in [0.1, 0.15) is 17.6 Å². The summed E-state index contributed by atoms with van der Waals surface area (Å²) in [5, 5.41) is 49.2. The molecular weight excluding hydrogens is 1920 g/mol. The number of primary amides is 1. The molecular formula is C96H150N18O28S2. The summed E-state index contributed by atoms with van der Waals surface area (Å²) in [4.78, 5) is 257. The maximum Gasteiger partial charge on any atom is 0.425 e. The molecule has 24 N–H and O–H groups in total. The maximum atomic E-state index is 14.5. The fourth-order valence-corrected chi connectivity index (χ4v) is 15.9. The van der Waals surface area contributed by atoms with E-state index >= 15 is 0 Å². The molecule has 1 aliphatic rings. The van der Waals surface area contributed by atoms with Gasteiger partial charge in [-0.2, -0.15) is 11.8 Å². The van der Waals surface area contributed by atoms with Crippen molar-refractivity contribution in [2.24, 2.45) is 108 Å². The van der Waals surface area contributed by atoms with Crippen molar-refractivity contribution in [3.63, 3.8) is 0 Å². The summed E-state index contributed by atoms with van der Waals surface area (Å²) in [5.41, 5.74) is 40.5. The van der Waals surface area contributed by atoms with Crippen molar-refractivity contribution in [1.29, 1.82) is 0 Å². The number of aromatic nitrogens is 1. The van der Waals surface area contributed by atoms with Gasteiger partial charge in [-0.25, -0.2) is 4.79 Å². The standard InChI is InChI=1S/C66H101N13O14.C30H49N5O11S.O3S/c1-9-38(6)47(64(93)78-52(33-58(87)88)55(84)30-44(35-80)62(91)77-51(27-43-34-75-48-21-14-13-20-45(43)48)54(83)28-41(60(67)89)19-15-23-73-65(68)69)32-57(86)59(39(7)81)79-63(92)46(37(4)5)31-56(85)49(22-16-24-74-66(70)71)76-61(90)42(26-40-17-11-10-12-18-40)29-53(82)50(72-8)25-36(2)3;1-21(36)22(11-19-47-2)20-25(38)24(4-3-12-33-30(31)32)34-26(39)6-5-23(37)9-13-43-15-17-45-18-16-44-14-10-29(42)46-35-27(40)7-8-28(35)41;1-4(2)3/h10-14,17-18,20-21,34,36-39,41-42,44,46-47,49-52,59,72,75,80-81H,9,15-16,19,22-33,35H2,1-8H3,(H2,67,89)(H,76,90)(H,77,91)(H,78,93)(H,79,92)(H,87,88)(H4,68,69,73)(H4,70,71,74);22,24H,3-20H2,1-2H3,(H,34,39)(H4,31,32,33);/t38-,39+,41+,42+,44-,46-,47-,49-,50-,51-,52-,59-;22-,24+;/m01./s1. The van der Waals surface area contributed by atoms with Gasteiger partial charge in [-0.1, -0.05) is 96.5 Å². The molecule has 14 atom stereocenters.